The second kappa shape index (κ2) is 7.14. The molecule has 0 spiro atoms. The lowest BCUT2D eigenvalue weighted by molar-refractivity contribution is 0.575. The highest BCUT2D eigenvalue weighted by Gasteiger charge is 2.20. The van der Waals surface area contributed by atoms with Crippen molar-refractivity contribution in [2.45, 2.75) is 19.3 Å². The first-order valence-corrected chi connectivity index (χ1v) is 6.63. The monoisotopic (exact) mass is 209 g/mol. The van der Waals surface area contributed by atoms with Crippen molar-refractivity contribution in [1.82, 2.24) is 0 Å². The topological polar surface area (TPSA) is 88.4 Å². The van der Waals surface area contributed by atoms with Crippen molar-refractivity contribution in [2.75, 3.05) is 18.5 Å². The van der Waals surface area contributed by atoms with E-state index in [0.717, 1.165) is 0 Å². The van der Waals surface area contributed by atoms with Crippen LogP contribution >= 0.6 is 7.14 Å². The van der Waals surface area contributed by atoms with Gasteiger partial charge in [0.1, 0.15) is 7.14 Å². The van der Waals surface area contributed by atoms with Crippen molar-refractivity contribution in [3.63, 3.8) is 0 Å². The van der Waals surface area contributed by atoms with Crippen LogP contribution in [0.1, 0.15) is 19.3 Å². The Labute approximate surface area is 84.1 Å². The second-order valence-electron chi connectivity index (χ2n) is 2.99. The van der Waals surface area contributed by atoms with E-state index in [1.165, 1.54) is 0 Å². The molecule has 14 heavy (non-hydrogen) atoms. The molecule has 0 bridgehead atoms. The lowest BCUT2D eigenvalue weighted by atomic mass is 10.4. The summed E-state index contributed by atoms with van der Waals surface area (Å²) in [6.45, 7) is 0. The molecule has 0 heterocycles. The Hall–Kier alpha value is -1.30. The highest BCUT2D eigenvalue weighted by atomic mass is 31.2. The molecule has 0 aromatic heterocycles. The van der Waals surface area contributed by atoms with E-state index >= 15 is 0 Å². The summed E-state index contributed by atoms with van der Waals surface area (Å²) in [5.41, 5.74) is 0. The molecule has 0 N–H and O–H groups in total. The first kappa shape index (κ1) is 12.7. The summed E-state index contributed by atoms with van der Waals surface area (Å²) < 4.78 is 12.0. The highest BCUT2D eigenvalue weighted by Crippen LogP contribution is 2.46. The predicted octanol–water partition coefficient (Wildman–Crippen LogP) is 2.09. The van der Waals surface area contributed by atoms with Gasteiger partial charge in [0.05, 0.1) is 24.4 Å². The molecule has 0 aliphatic rings. The summed E-state index contributed by atoms with van der Waals surface area (Å²) in [6, 6.07) is 5.78. The van der Waals surface area contributed by atoms with Gasteiger partial charge in [0.2, 0.25) is 0 Å². The fourth-order valence-electron chi connectivity index (χ4n) is 1.10. The van der Waals surface area contributed by atoms with E-state index in [9.17, 15) is 4.57 Å². The molecular formula is C9H12N3OP. The van der Waals surface area contributed by atoms with Gasteiger partial charge in [-0.15, -0.1) is 0 Å². The van der Waals surface area contributed by atoms with Crippen molar-refractivity contribution in [2.24, 2.45) is 0 Å². The standard InChI is InChI=1S/C9H12N3OP/c10-4-1-2-7-14(13,9-6-12)8-3-5-11/h1-3,7-9H2. The van der Waals surface area contributed by atoms with Crippen LogP contribution in [-0.2, 0) is 4.57 Å². The molecule has 4 nitrogen and oxygen atoms in total. The van der Waals surface area contributed by atoms with Gasteiger partial charge in [-0.2, -0.15) is 15.8 Å². The summed E-state index contributed by atoms with van der Waals surface area (Å²) in [5, 5.41) is 25.2. The van der Waals surface area contributed by atoms with Crippen LogP contribution in [0.25, 0.3) is 0 Å². The number of unbranched alkanes of at least 4 members (excludes halogenated alkanes) is 1. The maximum absolute atomic E-state index is 12.0. The van der Waals surface area contributed by atoms with Crippen molar-refractivity contribution < 1.29 is 4.57 Å². The summed E-state index contributed by atoms with van der Waals surface area (Å²) in [6.07, 6.45) is 1.90. The highest BCUT2D eigenvalue weighted by molar-refractivity contribution is 7.64. The van der Waals surface area contributed by atoms with E-state index in [2.05, 4.69) is 0 Å². The molecule has 0 fully saturated rings. The molecule has 0 radical (unpaired) electrons. The molecule has 0 aliphatic heterocycles. The summed E-state index contributed by atoms with van der Waals surface area (Å²) in [7, 11) is -2.50. The van der Waals surface area contributed by atoms with Crippen molar-refractivity contribution in [3.8, 4) is 18.2 Å². The van der Waals surface area contributed by atoms with Crippen molar-refractivity contribution in [1.29, 1.82) is 15.8 Å². The molecule has 0 aromatic carbocycles. The number of rotatable bonds is 6. The van der Waals surface area contributed by atoms with Crippen LogP contribution in [0.2, 0.25) is 0 Å². The third-order valence-electron chi connectivity index (χ3n) is 1.84. The van der Waals surface area contributed by atoms with Gasteiger partial charge in [-0.05, 0) is 6.42 Å². The Bertz CT molecular complexity index is 331. The van der Waals surface area contributed by atoms with Gasteiger partial charge < -0.3 is 4.57 Å². The molecule has 0 aliphatic carbocycles. The molecule has 5 heteroatoms. The normalized spacial score (nSPS) is 13.2. The third-order valence-corrected chi connectivity index (χ3v) is 4.73. The maximum atomic E-state index is 12.0. The average molecular weight is 209 g/mol. The zero-order valence-corrected chi connectivity index (χ0v) is 8.83. The van der Waals surface area contributed by atoms with E-state index in [1.54, 1.807) is 0 Å². The van der Waals surface area contributed by atoms with Crippen LogP contribution in [0.3, 0.4) is 0 Å². The third kappa shape index (κ3) is 5.36. The largest absolute Gasteiger partial charge is 0.322 e. The Morgan fingerprint density at radius 1 is 0.929 bits per heavy atom. The molecule has 1 atom stereocenters. The van der Waals surface area contributed by atoms with Gasteiger partial charge in [0, 0.05) is 25.2 Å². The first-order valence-electron chi connectivity index (χ1n) is 4.36. The van der Waals surface area contributed by atoms with E-state index in [0.29, 0.717) is 25.2 Å². The Morgan fingerprint density at radius 3 is 2.07 bits per heavy atom. The quantitative estimate of drug-likeness (QED) is 0.494. The zero-order chi connectivity index (χ0) is 10.9. The van der Waals surface area contributed by atoms with E-state index in [-0.39, 0.29) is 12.6 Å². The smallest absolute Gasteiger partial charge is 0.102 e. The molecule has 0 amide bonds. The summed E-state index contributed by atoms with van der Waals surface area (Å²) in [5.74, 6) is 0. The molecule has 0 saturated carbocycles. The summed E-state index contributed by atoms with van der Waals surface area (Å²) >= 11 is 0. The van der Waals surface area contributed by atoms with Crippen LogP contribution < -0.4 is 0 Å². The minimum Gasteiger partial charge on any atom is -0.322 e. The molecule has 0 aromatic rings. The van der Waals surface area contributed by atoms with Gasteiger partial charge in [0.25, 0.3) is 0 Å². The Morgan fingerprint density at radius 2 is 1.57 bits per heavy atom. The number of hydrogen-bond acceptors (Lipinski definition) is 4. The molecule has 1 unspecified atom stereocenters. The fourth-order valence-corrected chi connectivity index (χ4v) is 3.14. The SMILES string of the molecule is N#CCCCP(=O)(CC#N)CCC#N. The van der Waals surface area contributed by atoms with Gasteiger partial charge in [-0.1, -0.05) is 0 Å². The fraction of sp³-hybridized carbons (Fsp3) is 0.667. The van der Waals surface area contributed by atoms with E-state index < -0.39 is 7.14 Å². The van der Waals surface area contributed by atoms with E-state index in [1.807, 2.05) is 18.2 Å². The van der Waals surface area contributed by atoms with Crippen molar-refractivity contribution >= 4 is 7.14 Å². The Balaban J connectivity index is 4.14. The van der Waals surface area contributed by atoms with Crippen LogP contribution in [0, 0.1) is 34.0 Å². The number of nitrogens with zero attached hydrogens (tertiary/aromatic N) is 3. The van der Waals surface area contributed by atoms with Gasteiger partial charge in [0.15, 0.2) is 0 Å². The minimum atomic E-state index is -2.50. The van der Waals surface area contributed by atoms with Crippen LogP contribution in [0.15, 0.2) is 0 Å². The van der Waals surface area contributed by atoms with Crippen LogP contribution in [0.5, 0.6) is 0 Å². The number of hydrogen-bond donors (Lipinski definition) is 0. The molecule has 74 valence electrons. The lowest BCUT2D eigenvalue weighted by Crippen LogP contribution is -1.98. The van der Waals surface area contributed by atoms with Gasteiger partial charge >= 0.3 is 0 Å². The van der Waals surface area contributed by atoms with E-state index in [4.69, 9.17) is 15.8 Å². The van der Waals surface area contributed by atoms with Crippen LogP contribution in [-0.4, -0.2) is 18.5 Å². The van der Waals surface area contributed by atoms with Gasteiger partial charge in [-0.3, -0.25) is 0 Å². The Kier molecular flexibility index (Phi) is 6.47. The van der Waals surface area contributed by atoms with Crippen LogP contribution in [0.4, 0.5) is 0 Å². The summed E-state index contributed by atoms with van der Waals surface area (Å²) in [4.78, 5) is 0. The predicted molar refractivity (Wildman–Crippen MR) is 52.9 cm³/mol. The van der Waals surface area contributed by atoms with Crippen molar-refractivity contribution in [3.05, 3.63) is 0 Å². The molecular weight excluding hydrogens is 197 g/mol. The number of nitriles is 3. The molecule has 0 rings (SSSR count). The lowest BCUT2D eigenvalue weighted by Gasteiger charge is -2.11. The molecule has 0 saturated heterocycles. The second-order valence-corrected chi connectivity index (χ2v) is 6.32. The zero-order valence-electron chi connectivity index (χ0n) is 7.94. The average Bonchev–Trinajstić information content (AvgIpc) is 2.16. The maximum Gasteiger partial charge on any atom is 0.102 e. The minimum absolute atomic E-state index is 0.0279. The van der Waals surface area contributed by atoms with Gasteiger partial charge in [-0.25, -0.2) is 0 Å². The first-order chi connectivity index (χ1) is 6.68.